The Morgan fingerprint density at radius 3 is 2.74 bits per heavy atom. The molecule has 0 bridgehead atoms. The molecular formula is C13H21N5O. The Hall–Kier alpha value is -1.69. The van der Waals surface area contributed by atoms with Crippen LogP contribution in [0.4, 0.5) is 0 Å². The zero-order valence-corrected chi connectivity index (χ0v) is 11.7. The van der Waals surface area contributed by atoms with Gasteiger partial charge >= 0.3 is 0 Å². The minimum absolute atomic E-state index is 0.531. The van der Waals surface area contributed by atoms with Crippen molar-refractivity contribution in [3.8, 4) is 0 Å². The fraction of sp³-hybridized carbons (Fsp3) is 0.615. The molecule has 2 rings (SSSR count). The lowest BCUT2D eigenvalue weighted by Gasteiger charge is -2.04. The smallest absolute Gasteiger partial charge is 0.111 e. The van der Waals surface area contributed by atoms with Crippen LogP contribution in [0, 0.1) is 0 Å². The molecule has 1 atom stereocenters. The van der Waals surface area contributed by atoms with Crippen molar-refractivity contribution in [3.63, 3.8) is 0 Å². The van der Waals surface area contributed by atoms with Gasteiger partial charge in [0.05, 0.1) is 30.2 Å². The Labute approximate surface area is 113 Å². The van der Waals surface area contributed by atoms with Gasteiger partial charge < -0.3 is 5.11 Å². The molecule has 0 amide bonds. The van der Waals surface area contributed by atoms with Gasteiger partial charge in [-0.1, -0.05) is 19.1 Å². The van der Waals surface area contributed by atoms with E-state index in [-0.39, 0.29) is 0 Å². The quantitative estimate of drug-likeness (QED) is 0.858. The molecule has 0 saturated heterocycles. The molecule has 6 nitrogen and oxygen atoms in total. The van der Waals surface area contributed by atoms with Gasteiger partial charge in [0.25, 0.3) is 0 Å². The lowest BCUT2D eigenvalue weighted by atomic mass is 10.2. The lowest BCUT2D eigenvalue weighted by Crippen LogP contribution is -2.08. The third-order valence-corrected chi connectivity index (χ3v) is 3.18. The van der Waals surface area contributed by atoms with Crippen molar-refractivity contribution in [2.45, 2.75) is 52.8 Å². The Balaban J connectivity index is 2.16. The number of rotatable bonds is 6. The van der Waals surface area contributed by atoms with E-state index in [0.29, 0.717) is 18.7 Å². The van der Waals surface area contributed by atoms with Crippen LogP contribution in [0.25, 0.3) is 0 Å². The summed E-state index contributed by atoms with van der Waals surface area (Å²) in [5, 5.41) is 22.3. The van der Waals surface area contributed by atoms with Crippen LogP contribution < -0.4 is 0 Å². The zero-order valence-electron chi connectivity index (χ0n) is 11.7. The fourth-order valence-corrected chi connectivity index (χ4v) is 2.01. The molecule has 0 radical (unpaired) electrons. The molecule has 104 valence electrons. The average molecular weight is 263 g/mol. The van der Waals surface area contributed by atoms with E-state index in [1.807, 2.05) is 11.6 Å². The van der Waals surface area contributed by atoms with Gasteiger partial charge in [-0.25, -0.2) is 4.68 Å². The summed E-state index contributed by atoms with van der Waals surface area (Å²) in [6.07, 6.45) is 2.84. The first-order valence-electron chi connectivity index (χ1n) is 6.81. The first-order valence-corrected chi connectivity index (χ1v) is 6.81. The van der Waals surface area contributed by atoms with Gasteiger partial charge in [-0.15, -0.1) is 5.10 Å². The van der Waals surface area contributed by atoms with Crippen LogP contribution >= 0.6 is 0 Å². The molecule has 2 aromatic rings. The molecule has 0 aliphatic heterocycles. The summed E-state index contributed by atoms with van der Waals surface area (Å²) in [7, 11) is 0. The van der Waals surface area contributed by atoms with E-state index in [9.17, 15) is 5.11 Å². The van der Waals surface area contributed by atoms with Gasteiger partial charge in [-0.05, 0) is 25.8 Å². The first-order chi connectivity index (χ1) is 9.17. The van der Waals surface area contributed by atoms with Crippen LogP contribution in [0.15, 0.2) is 12.3 Å². The number of aliphatic hydroxyl groups excluding tert-OH is 1. The summed E-state index contributed by atoms with van der Waals surface area (Å²) >= 11 is 0. The van der Waals surface area contributed by atoms with Crippen molar-refractivity contribution >= 4 is 0 Å². The van der Waals surface area contributed by atoms with Crippen LogP contribution in [0.5, 0.6) is 0 Å². The SMILES string of the molecule is CCc1cc(Cn2cc(C(O)CC)nn2)n(CC)n1. The maximum absolute atomic E-state index is 9.72. The van der Waals surface area contributed by atoms with Crippen molar-refractivity contribution < 1.29 is 5.11 Å². The number of hydrogen-bond donors (Lipinski definition) is 1. The third kappa shape index (κ3) is 3.01. The van der Waals surface area contributed by atoms with Gasteiger partial charge in [0.15, 0.2) is 0 Å². The molecule has 1 N–H and O–H groups in total. The number of aryl methyl sites for hydroxylation is 2. The minimum atomic E-state index is -0.531. The third-order valence-electron chi connectivity index (χ3n) is 3.18. The van der Waals surface area contributed by atoms with Crippen LogP contribution in [0.2, 0.25) is 0 Å². The van der Waals surface area contributed by atoms with Gasteiger partial charge in [-0.3, -0.25) is 4.68 Å². The minimum Gasteiger partial charge on any atom is -0.387 e. The highest BCUT2D eigenvalue weighted by Gasteiger charge is 2.11. The van der Waals surface area contributed by atoms with Crippen LogP contribution in [0.3, 0.4) is 0 Å². The van der Waals surface area contributed by atoms with Gasteiger partial charge in [0.1, 0.15) is 5.69 Å². The number of aliphatic hydroxyl groups is 1. The highest BCUT2D eigenvalue weighted by atomic mass is 16.3. The highest BCUT2D eigenvalue weighted by molar-refractivity contribution is 5.11. The van der Waals surface area contributed by atoms with Crippen molar-refractivity contribution in [1.82, 2.24) is 24.8 Å². The van der Waals surface area contributed by atoms with E-state index in [1.54, 1.807) is 10.9 Å². The maximum Gasteiger partial charge on any atom is 0.111 e. The topological polar surface area (TPSA) is 68.8 Å². The van der Waals surface area contributed by atoms with E-state index in [2.05, 4.69) is 35.3 Å². The van der Waals surface area contributed by atoms with Crippen LogP contribution in [0.1, 0.15) is 50.4 Å². The second-order valence-corrected chi connectivity index (χ2v) is 4.56. The van der Waals surface area contributed by atoms with E-state index >= 15 is 0 Å². The predicted molar refractivity (Wildman–Crippen MR) is 71.7 cm³/mol. The average Bonchev–Trinajstić information content (AvgIpc) is 3.05. The van der Waals surface area contributed by atoms with Crippen LogP contribution in [-0.4, -0.2) is 29.9 Å². The second kappa shape index (κ2) is 5.97. The normalized spacial score (nSPS) is 12.8. The number of aromatic nitrogens is 5. The number of nitrogens with zero attached hydrogens (tertiary/aromatic N) is 5. The molecular weight excluding hydrogens is 242 g/mol. The Bertz CT molecular complexity index is 531. The van der Waals surface area contributed by atoms with E-state index in [0.717, 1.165) is 24.4 Å². The summed E-state index contributed by atoms with van der Waals surface area (Å²) in [5.74, 6) is 0. The van der Waals surface area contributed by atoms with E-state index in [1.165, 1.54) is 0 Å². The monoisotopic (exact) mass is 263 g/mol. The van der Waals surface area contributed by atoms with E-state index in [4.69, 9.17) is 0 Å². The summed E-state index contributed by atoms with van der Waals surface area (Å²) in [6.45, 7) is 7.56. The van der Waals surface area contributed by atoms with Gasteiger partial charge in [0, 0.05) is 6.54 Å². The Morgan fingerprint density at radius 1 is 1.32 bits per heavy atom. The number of hydrogen-bond acceptors (Lipinski definition) is 4. The van der Waals surface area contributed by atoms with Gasteiger partial charge in [0.2, 0.25) is 0 Å². The molecule has 0 aliphatic carbocycles. The Kier molecular flexibility index (Phi) is 4.31. The van der Waals surface area contributed by atoms with Crippen molar-refractivity contribution in [2.75, 3.05) is 0 Å². The summed E-state index contributed by atoms with van der Waals surface area (Å²) in [5.41, 5.74) is 2.83. The molecule has 19 heavy (non-hydrogen) atoms. The zero-order chi connectivity index (χ0) is 13.8. The summed E-state index contributed by atoms with van der Waals surface area (Å²) < 4.78 is 3.73. The van der Waals surface area contributed by atoms with Crippen molar-refractivity contribution in [2.24, 2.45) is 0 Å². The summed E-state index contributed by atoms with van der Waals surface area (Å²) in [6, 6.07) is 2.10. The molecule has 2 aromatic heterocycles. The van der Waals surface area contributed by atoms with E-state index < -0.39 is 6.10 Å². The molecule has 0 aromatic carbocycles. The molecule has 6 heteroatoms. The standard InChI is InChI=1S/C13H21N5O/c1-4-10-7-11(18(6-3)15-10)8-17-9-12(14-16-17)13(19)5-2/h7,9,13,19H,4-6,8H2,1-3H3. The highest BCUT2D eigenvalue weighted by Crippen LogP contribution is 2.13. The van der Waals surface area contributed by atoms with Crippen molar-refractivity contribution in [1.29, 1.82) is 0 Å². The first kappa shape index (κ1) is 13.7. The molecule has 0 fully saturated rings. The molecule has 0 aliphatic rings. The molecule has 2 heterocycles. The molecule has 0 saturated carbocycles. The fourth-order valence-electron chi connectivity index (χ4n) is 2.01. The maximum atomic E-state index is 9.72. The Morgan fingerprint density at radius 2 is 2.11 bits per heavy atom. The summed E-state index contributed by atoms with van der Waals surface area (Å²) in [4.78, 5) is 0. The van der Waals surface area contributed by atoms with Gasteiger partial charge in [-0.2, -0.15) is 5.10 Å². The van der Waals surface area contributed by atoms with Crippen LogP contribution in [-0.2, 0) is 19.5 Å². The molecule has 0 spiro atoms. The largest absolute Gasteiger partial charge is 0.387 e. The lowest BCUT2D eigenvalue weighted by molar-refractivity contribution is 0.168. The van der Waals surface area contributed by atoms with Crippen molar-refractivity contribution in [3.05, 3.63) is 29.3 Å². The molecule has 1 unspecified atom stereocenters. The second-order valence-electron chi connectivity index (χ2n) is 4.56. The predicted octanol–water partition coefficient (Wildman–Crippen LogP) is 1.55.